The Hall–Kier alpha value is -1.94. The van der Waals surface area contributed by atoms with Crippen molar-refractivity contribution in [3.05, 3.63) is 0 Å². The van der Waals surface area contributed by atoms with E-state index in [1.165, 1.54) is 0 Å². The van der Waals surface area contributed by atoms with Crippen LogP contribution in [0.25, 0.3) is 0 Å². The van der Waals surface area contributed by atoms with E-state index in [9.17, 15) is 43.2 Å². The fraction of sp³-hybridized carbons (Fsp3) is 0.810. The third-order valence-electron chi connectivity index (χ3n) is 4.16. The summed E-state index contributed by atoms with van der Waals surface area (Å²) in [7, 11) is -9.66. The molecule has 0 aromatic heterocycles. The van der Waals surface area contributed by atoms with E-state index in [1.807, 2.05) is 0 Å². The number of phosphoric acid groups is 2. The normalized spacial score (nSPS) is 16.5. The maximum atomic E-state index is 12.1. The predicted octanol–water partition coefficient (Wildman–Crippen LogP) is 1.16. The summed E-state index contributed by atoms with van der Waals surface area (Å²) >= 11 is 0. The van der Waals surface area contributed by atoms with Crippen LogP contribution in [0, 0.1) is 0 Å². The van der Waals surface area contributed by atoms with Gasteiger partial charge in [-0.3, -0.25) is 37.3 Å². The maximum Gasteiger partial charge on any atom is 0.472 e. The maximum absolute atomic E-state index is 12.1. The lowest BCUT2D eigenvalue weighted by atomic mass is 10.3. The molecule has 0 fully saturated rings. The second-order valence-corrected chi connectivity index (χ2v) is 11.0. The van der Waals surface area contributed by atoms with Crippen molar-refractivity contribution in [1.29, 1.82) is 0 Å². The Bertz CT molecular complexity index is 824. The number of esters is 4. The molecule has 0 aromatic carbocycles. The standard InChI is InChI=1S/C21H38O17P2/c1-5-7-20(25)37-18(11-31-15(3)22)13-35-39(27,28)33-9-17(24)10-34-40(29,30)36-14-19(12-32-16(4)23)38-21(26)8-6-2/h17-19,24H,5-14H2,1-4H3,(H,27,28)(H,29,30)/t18-,19-/m1/s1. The van der Waals surface area contributed by atoms with Gasteiger partial charge in [-0.05, 0) is 12.8 Å². The molecular formula is C21H38O17P2. The van der Waals surface area contributed by atoms with Gasteiger partial charge in [0.2, 0.25) is 0 Å². The van der Waals surface area contributed by atoms with E-state index in [2.05, 4.69) is 9.05 Å². The average Bonchev–Trinajstić information content (AvgIpc) is 2.85. The summed E-state index contributed by atoms with van der Waals surface area (Å²) in [6.07, 6.45) is -3.13. The van der Waals surface area contributed by atoms with Gasteiger partial charge in [-0.15, -0.1) is 0 Å². The van der Waals surface area contributed by atoms with Crippen molar-refractivity contribution in [2.75, 3.05) is 39.6 Å². The van der Waals surface area contributed by atoms with Crippen LogP contribution in [0.3, 0.4) is 0 Å². The summed E-state index contributed by atoms with van der Waals surface area (Å²) in [5.74, 6) is -2.69. The summed E-state index contributed by atoms with van der Waals surface area (Å²) in [6, 6.07) is 0. The van der Waals surface area contributed by atoms with Crippen LogP contribution in [0.5, 0.6) is 0 Å². The van der Waals surface area contributed by atoms with E-state index in [0.717, 1.165) is 13.8 Å². The van der Waals surface area contributed by atoms with Gasteiger partial charge in [0.15, 0.2) is 12.2 Å². The van der Waals surface area contributed by atoms with Gasteiger partial charge in [0, 0.05) is 26.7 Å². The van der Waals surface area contributed by atoms with Gasteiger partial charge in [0.1, 0.15) is 19.3 Å². The first kappa shape index (κ1) is 38.1. The van der Waals surface area contributed by atoms with Gasteiger partial charge in [0.05, 0.1) is 26.4 Å². The fourth-order valence-electron chi connectivity index (χ4n) is 2.39. The highest BCUT2D eigenvalue weighted by Gasteiger charge is 2.29. The van der Waals surface area contributed by atoms with E-state index in [4.69, 9.17) is 28.0 Å². The zero-order valence-electron chi connectivity index (χ0n) is 22.8. The summed E-state index contributed by atoms with van der Waals surface area (Å²) in [5.41, 5.74) is 0. The molecule has 0 aromatic rings. The minimum Gasteiger partial charge on any atom is -0.462 e. The number of ether oxygens (including phenoxy) is 4. The smallest absolute Gasteiger partial charge is 0.462 e. The van der Waals surface area contributed by atoms with Crippen LogP contribution >= 0.6 is 15.6 Å². The van der Waals surface area contributed by atoms with Gasteiger partial charge in [-0.25, -0.2) is 9.13 Å². The van der Waals surface area contributed by atoms with Crippen LogP contribution in [0.2, 0.25) is 0 Å². The molecule has 0 saturated carbocycles. The Morgan fingerprint density at radius 3 is 1.25 bits per heavy atom. The van der Waals surface area contributed by atoms with Crippen LogP contribution in [0.15, 0.2) is 0 Å². The molecule has 0 rings (SSSR count). The Labute approximate surface area is 231 Å². The molecule has 0 amide bonds. The highest BCUT2D eigenvalue weighted by Crippen LogP contribution is 2.45. The van der Waals surface area contributed by atoms with Crippen molar-refractivity contribution in [1.82, 2.24) is 0 Å². The Morgan fingerprint density at radius 2 is 0.950 bits per heavy atom. The average molecular weight is 624 g/mol. The number of carbonyl (C=O) groups is 4. The van der Waals surface area contributed by atoms with Crippen molar-refractivity contribution >= 4 is 39.5 Å². The molecule has 3 N–H and O–H groups in total. The molecule has 234 valence electrons. The third kappa shape index (κ3) is 20.9. The molecule has 0 spiro atoms. The lowest BCUT2D eigenvalue weighted by molar-refractivity contribution is -0.160. The molecule has 4 atom stereocenters. The van der Waals surface area contributed by atoms with E-state index in [1.54, 1.807) is 13.8 Å². The molecule has 0 aliphatic heterocycles. The summed E-state index contributed by atoms with van der Waals surface area (Å²) < 4.78 is 62.3. The molecule has 0 aliphatic carbocycles. The first-order valence-electron chi connectivity index (χ1n) is 12.2. The van der Waals surface area contributed by atoms with Gasteiger partial charge in [-0.2, -0.15) is 0 Å². The minimum absolute atomic E-state index is 0.0470. The van der Waals surface area contributed by atoms with Crippen molar-refractivity contribution in [2.24, 2.45) is 0 Å². The molecule has 17 nitrogen and oxygen atoms in total. The Morgan fingerprint density at radius 1 is 0.625 bits per heavy atom. The highest BCUT2D eigenvalue weighted by atomic mass is 31.2. The number of hydrogen-bond acceptors (Lipinski definition) is 15. The van der Waals surface area contributed by atoms with Crippen LogP contribution in [-0.4, -0.2) is 96.7 Å². The quantitative estimate of drug-likeness (QED) is 0.0870. The molecular weight excluding hydrogens is 586 g/mol. The number of carbonyl (C=O) groups excluding carboxylic acids is 4. The predicted molar refractivity (Wildman–Crippen MR) is 132 cm³/mol. The number of phosphoric ester groups is 2. The lowest BCUT2D eigenvalue weighted by Crippen LogP contribution is -2.29. The monoisotopic (exact) mass is 624 g/mol. The minimum atomic E-state index is -4.83. The molecule has 0 saturated heterocycles. The van der Waals surface area contributed by atoms with E-state index in [0.29, 0.717) is 12.8 Å². The zero-order chi connectivity index (χ0) is 30.8. The summed E-state index contributed by atoms with van der Waals surface area (Å²) in [6.45, 7) is 1.56. The summed E-state index contributed by atoms with van der Waals surface area (Å²) in [5, 5.41) is 9.90. The first-order chi connectivity index (χ1) is 18.6. The van der Waals surface area contributed by atoms with E-state index >= 15 is 0 Å². The number of hydrogen-bond donors (Lipinski definition) is 3. The van der Waals surface area contributed by atoms with Gasteiger partial charge in [-0.1, -0.05) is 13.8 Å². The van der Waals surface area contributed by atoms with Crippen molar-refractivity contribution in [2.45, 2.75) is 71.7 Å². The molecule has 40 heavy (non-hydrogen) atoms. The van der Waals surface area contributed by atoms with Crippen molar-refractivity contribution < 1.29 is 80.2 Å². The largest absolute Gasteiger partial charge is 0.472 e. The molecule has 2 unspecified atom stereocenters. The molecule has 0 heterocycles. The van der Waals surface area contributed by atoms with Crippen LogP contribution in [0.4, 0.5) is 0 Å². The fourth-order valence-corrected chi connectivity index (χ4v) is 3.97. The number of rotatable bonds is 22. The Kier molecular flexibility index (Phi) is 19.1. The highest BCUT2D eigenvalue weighted by molar-refractivity contribution is 7.47. The van der Waals surface area contributed by atoms with E-state index in [-0.39, 0.29) is 12.8 Å². The van der Waals surface area contributed by atoms with Crippen LogP contribution < -0.4 is 0 Å². The second-order valence-electron chi connectivity index (χ2n) is 8.10. The SMILES string of the molecule is CCCC(=O)O[C@H](COC(C)=O)COP(=O)(O)OCC(O)COP(=O)(O)OC[C@@H](COC(C)=O)OC(=O)CCC. The first-order valence-corrected chi connectivity index (χ1v) is 15.2. The topological polar surface area (TPSA) is 237 Å². The molecule has 0 aliphatic rings. The second kappa shape index (κ2) is 20.0. The van der Waals surface area contributed by atoms with Crippen molar-refractivity contribution in [3.8, 4) is 0 Å². The van der Waals surface area contributed by atoms with E-state index < -0.39 is 97.5 Å². The number of aliphatic hydroxyl groups excluding tert-OH is 1. The van der Waals surface area contributed by atoms with Gasteiger partial charge in [0.25, 0.3) is 0 Å². The summed E-state index contributed by atoms with van der Waals surface area (Å²) in [4.78, 5) is 65.0. The molecule has 0 bridgehead atoms. The van der Waals surface area contributed by atoms with Crippen molar-refractivity contribution in [3.63, 3.8) is 0 Å². The molecule has 19 heteroatoms. The lowest BCUT2D eigenvalue weighted by Gasteiger charge is -2.21. The Balaban J connectivity index is 4.73. The zero-order valence-corrected chi connectivity index (χ0v) is 24.5. The number of aliphatic hydroxyl groups is 1. The third-order valence-corrected chi connectivity index (χ3v) is 6.06. The van der Waals surface area contributed by atoms with Crippen LogP contribution in [-0.2, 0) is 65.4 Å². The van der Waals surface area contributed by atoms with Crippen LogP contribution in [0.1, 0.15) is 53.4 Å². The van der Waals surface area contributed by atoms with Gasteiger partial charge >= 0.3 is 39.5 Å². The molecule has 0 radical (unpaired) electrons. The van der Waals surface area contributed by atoms with Gasteiger partial charge < -0.3 is 33.8 Å².